The van der Waals surface area contributed by atoms with Crippen molar-refractivity contribution in [3.63, 3.8) is 0 Å². The van der Waals surface area contributed by atoms with Crippen molar-refractivity contribution >= 4 is 11.9 Å². The first-order valence-electron chi connectivity index (χ1n) is 8.35. The Morgan fingerprint density at radius 1 is 1.04 bits per heavy atom. The minimum atomic E-state index is -0.343. The van der Waals surface area contributed by atoms with Crippen LogP contribution in [0.25, 0.3) is 0 Å². The molecule has 0 bridgehead atoms. The third-order valence-corrected chi connectivity index (χ3v) is 3.69. The lowest BCUT2D eigenvalue weighted by Crippen LogP contribution is -2.30. The van der Waals surface area contributed by atoms with E-state index >= 15 is 0 Å². The molecule has 3 aromatic rings. The average molecular weight is 366 g/mol. The number of aryl methyl sites for hydroxylation is 2. The fourth-order valence-corrected chi connectivity index (χ4v) is 2.44. The molecule has 0 aliphatic carbocycles. The minimum absolute atomic E-state index is 0.278. The number of aromatic nitrogens is 2. The van der Waals surface area contributed by atoms with Crippen LogP contribution in [0.4, 0.5) is 10.3 Å². The largest absolute Gasteiger partial charge is 0.489 e. The molecule has 0 radical (unpaired) electrons. The van der Waals surface area contributed by atoms with Crippen LogP contribution in [-0.2, 0) is 6.61 Å². The number of carbonyl (C=O) groups is 1. The van der Waals surface area contributed by atoms with Crippen molar-refractivity contribution in [2.24, 2.45) is 0 Å². The molecule has 2 N–H and O–H groups in total. The second-order valence-electron chi connectivity index (χ2n) is 6.00. The lowest BCUT2D eigenvalue weighted by molar-refractivity contribution is 0.0961. The van der Waals surface area contributed by atoms with E-state index in [0.29, 0.717) is 17.3 Å². The molecule has 3 rings (SSSR count). The quantitative estimate of drug-likeness (QED) is 0.652. The van der Waals surface area contributed by atoms with Gasteiger partial charge in [0.05, 0.1) is 0 Å². The Balaban J connectivity index is 1.60. The van der Waals surface area contributed by atoms with Gasteiger partial charge in [-0.15, -0.1) is 0 Å². The number of halogens is 1. The third kappa shape index (κ3) is 5.24. The van der Waals surface area contributed by atoms with Gasteiger partial charge in [-0.2, -0.15) is 0 Å². The number of nitrogens with zero attached hydrogens (tertiary/aromatic N) is 2. The summed E-state index contributed by atoms with van der Waals surface area (Å²) in [5.74, 6) is 0.224. The lowest BCUT2D eigenvalue weighted by atomic mass is 10.2. The molecule has 27 heavy (non-hydrogen) atoms. The van der Waals surface area contributed by atoms with Gasteiger partial charge in [0, 0.05) is 17.0 Å². The highest BCUT2D eigenvalue weighted by Gasteiger charge is 2.08. The number of rotatable bonds is 6. The second-order valence-corrected chi connectivity index (χ2v) is 6.00. The van der Waals surface area contributed by atoms with Gasteiger partial charge in [0.1, 0.15) is 18.2 Å². The summed E-state index contributed by atoms with van der Waals surface area (Å²) in [5, 5.41) is 0. The fourth-order valence-electron chi connectivity index (χ4n) is 2.44. The van der Waals surface area contributed by atoms with Crippen LogP contribution in [-0.4, -0.2) is 15.9 Å². The number of hydrogen-bond acceptors (Lipinski definition) is 5. The first-order valence-corrected chi connectivity index (χ1v) is 8.35. The number of hydrazine groups is 1. The zero-order chi connectivity index (χ0) is 19.2. The minimum Gasteiger partial charge on any atom is -0.489 e. The topological polar surface area (TPSA) is 76.1 Å². The van der Waals surface area contributed by atoms with Crippen LogP contribution in [0.1, 0.15) is 27.3 Å². The van der Waals surface area contributed by atoms with Crippen molar-refractivity contribution in [2.75, 3.05) is 5.43 Å². The zero-order valence-electron chi connectivity index (χ0n) is 15.0. The Kier molecular flexibility index (Phi) is 5.61. The van der Waals surface area contributed by atoms with E-state index in [2.05, 4.69) is 20.8 Å². The number of amides is 1. The first kappa shape index (κ1) is 18.3. The van der Waals surface area contributed by atoms with Gasteiger partial charge < -0.3 is 4.74 Å². The van der Waals surface area contributed by atoms with E-state index in [9.17, 15) is 9.18 Å². The monoisotopic (exact) mass is 366 g/mol. The highest BCUT2D eigenvalue weighted by atomic mass is 19.1. The molecule has 1 aromatic heterocycles. The summed E-state index contributed by atoms with van der Waals surface area (Å²) in [6.07, 6.45) is 0. The van der Waals surface area contributed by atoms with Gasteiger partial charge in [0.15, 0.2) is 0 Å². The van der Waals surface area contributed by atoms with Gasteiger partial charge >= 0.3 is 0 Å². The predicted octanol–water partition coefficient (Wildman–Crippen LogP) is 3.57. The summed E-state index contributed by atoms with van der Waals surface area (Å²) in [6, 6.07) is 14.7. The van der Waals surface area contributed by atoms with Gasteiger partial charge in [-0.25, -0.2) is 14.4 Å². The molecule has 138 valence electrons. The van der Waals surface area contributed by atoms with Crippen molar-refractivity contribution in [3.8, 4) is 5.75 Å². The Bertz CT molecular complexity index is 925. The molecule has 0 atom stereocenters. The van der Waals surface area contributed by atoms with Crippen LogP contribution < -0.4 is 15.6 Å². The van der Waals surface area contributed by atoms with Gasteiger partial charge in [0.2, 0.25) is 5.95 Å². The molecular weight excluding hydrogens is 347 g/mol. The van der Waals surface area contributed by atoms with Crippen LogP contribution in [0.3, 0.4) is 0 Å². The van der Waals surface area contributed by atoms with Gasteiger partial charge in [0.25, 0.3) is 5.91 Å². The van der Waals surface area contributed by atoms with Crippen molar-refractivity contribution in [1.29, 1.82) is 0 Å². The third-order valence-electron chi connectivity index (χ3n) is 3.69. The van der Waals surface area contributed by atoms with Crippen molar-refractivity contribution < 1.29 is 13.9 Å². The number of carbonyl (C=O) groups excluding carboxylic acids is 1. The highest BCUT2D eigenvalue weighted by Crippen LogP contribution is 2.15. The van der Waals surface area contributed by atoms with Crippen molar-refractivity contribution in [1.82, 2.24) is 15.4 Å². The van der Waals surface area contributed by atoms with Crippen molar-refractivity contribution in [2.45, 2.75) is 20.5 Å². The summed E-state index contributed by atoms with van der Waals surface area (Å²) in [5.41, 5.74) is 8.13. The molecule has 7 heteroatoms. The Morgan fingerprint density at radius 3 is 2.44 bits per heavy atom. The number of ether oxygens (including phenoxy) is 1. The van der Waals surface area contributed by atoms with Crippen LogP contribution in [0, 0.1) is 19.7 Å². The van der Waals surface area contributed by atoms with Gasteiger partial charge in [-0.1, -0.05) is 18.2 Å². The highest BCUT2D eigenvalue weighted by molar-refractivity contribution is 5.95. The van der Waals surface area contributed by atoms with E-state index in [-0.39, 0.29) is 18.3 Å². The smallest absolute Gasteiger partial charge is 0.269 e. The Labute approximate surface area is 156 Å². The number of benzene rings is 2. The van der Waals surface area contributed by atoms with Crippen LogP contribution in [0.5, 0.6) is 5.75 Å². The van der Waals surface area contributed by atoms with E-state index in [1.807, 2.05) is 19.9 Å². The molecule has 0 fully saturated rings. The molecular formula is C20H19FN4O2. The average Bonchev–Trinajstić information content (AvgIpc) is 2.65. The SMILES string of the molecule is Cc1cc(C)nc(NNC(=O)c2cccc(OCc3ccc(F)cc3)c2)n1. The lowest BCUT2D eigenvalue weighted by Gasteiger charge is -2.10. The standard InChI is InChI=1S/C20H19FN4O2/c1-13-10-14(2)23-20(22-13)25-24-19(26)16-4-3-5-18(11-16)27-12-15-6-8-17(21)9-7-15/h3-11H,12H2,1-2H3,(H,24,26)(H,22,23,25). The van der Waals surface area contributed by atoms with Crippen LogP contribution >= 0.6 is 0 Å². The molecule has 1 amide bonds. The molecule has 0 aliphatic rings. The maximum absolute atomic E-state index is 12.9. The van der Waals surface area contributed by atoms with E-state index in [4.69, 9.17) is 4.74 Å². The molecule has 0 unspecified atom stereocenters. The number of hydrogen-bond donors (Lipinski definition) is 2. The molecule has 2 aromatic carbocycles. The summed E-state index contributed by atoms with van der Waals surface area (Å²) < 4.78 is 18.6. The number of anilines is 1. The molecule has 0 saturated carbocycles. The normalized spacial score (nSPS) is 10.3. The van der Waals surface area contributed by atoms with Crippen molar-refractivity contribution in [3.05, 3.63) is 82.9 Å². The van der Waals surface area contributed by atoms with E-state index in [0.717, 1.165) is 17.0 Å². The predicted molar refractivity (Wildman–Crippen MR) is 99.8 cm³/mol. The van der Waals surface area contributed by atoms with E-state index in [1.54, 1.807) is 36.4 Å². The Hall–Kier alpha value is -3.48. The van der Waals surface area contributed by atoms with E-state index in [1.165, 1.54) is 12.1 Å². The summed E-state index contributed by atoms with van der Waals surface area (Å²) in [4.78, 5) is 20.7. The van der Waals surface area contributed by atoms with Crippen LogP contribution in [0.15, 0.2) is 54.6 Å². The zero-order valence-corrected chi connectivity index (χ0v) is 15.0. The summed E-state index contributed by atoms with van der Waals surface area (Å²) >= 11 is 0. The molecule has 0 spiro atoms. The van der Waals surface area contributed by atoms with E-state index < -0.39 is 0 Å². The molecule has 0 saturated heterocycles. The van der Waals surface area contributed by atoms with Gasteiger partial charge in [-0.3, -0.25) is 15.6 Å². The fraction of sp³-hybridized carbons (Fsp3) is 0.150. The maximum atomic E-state index is 12.9. The summed E-state index contributed by atoms with van der Waals surface area (Å²) in [6.45, 7) is 3.98. The first-order chi connectivity index (χ1) is 13.0. The van der Waals surface area contributed by atoms with Crippen LogP contribution in [0.2, 0.25) is 0 Å². The molecule has 1 heterocycles. The maximum Gasteiger partial charge on any atom is 0.269 e. The Morgan fingerprint density at radius 2 is 1.74 bits per heavy atom. The van der Waals surface area contributed by atoms with Gasteiger partial charge in [-0.05, 0) is 55.8 Å². The molecule has 0 aliphatic heterocycles. The molecule has 6 nitrogen and oxygen atoms in total. The number of nitrogens with one attached hydrogen (secondary N) is 2. The second kappa shape index (κ2) is 8.27. The summed E-state index contributed by atoms with van der Waals surface area (Å²) in [7, 11) is 0.